The highest BCUT2D eigenvalue weighted by Crippen LogP contribution is 2.35. The van der Waals surface area contributed by atoms with Crippen LogP contribution < -0.4 is 21.1 Å². The Labute approximate surface area is 188 Å². The Morgan fingerprint density at radius 3 is 2.68 bits per heavy atom. The van der Waals surface area contributed by atoms with Crippen LogP contribution in [0.5, 0.6) is 11.5 Å². The first-order chi connectivity index (χ1) is 15.1. The first-order valence-electron chi connectivity index (χ1n) is 10.7. The predicted molar refractivity (Wildman–Crippen MR) is 131 cm³/mol. The fraction of sp³-hybridized carbons (Fsp3) is 0.333. The van der Waals surface area contributed by atoms with Crippen molar-refractivity contribution >= 4 is 22.4 Å². The van der Waals surface area contributed by atoms with Crippen LogP contribution in [-0.2, 0) is 0 Å². The molecule has 4 rings (SSSR count). The predicted octanol–water partition coefficient (Wildman–Crippen LogP) is 5.34. The number of nitrogens with one attached hydrogen (secondary N) is 2. The zero-order valence-electron chi connectivity index (χ0n) is 18.4. The van der Waals surface area contributed by atoms with E-state index in [0.717, 1.165) is 71.9 Å². The van der Waals surface area contributed by atoms with Gasteiger partial charge >= 0.3 is 0 Å². The lowest BCUT2D eigenvalue weighted by molar-refractivity contribution is 0.480. The number of hydrogen-bond donors (Lipinski definition) is 3. The Morgan fingerprint density at radius 2 is 1.97 bits per heavy atom. The quantitative estimate of drug-likeness (QED) is 0.502. The Morgan fingerprint density at radius 1 is 1.16 bits per heavy atom. The standard InChI is InChI=1S/C21H22N4OS.C3H9N/c1-14-8-9-18(15(2)12-14)26-19-7-4-3-6-16(19)17-13-27-21(24-17)25-20-22-10-5-11-23-20;1-2-3-4/h3-4,6-9,12-13H,5,10-11H2,1-2H3,(H2,22,23,24,25);2-4H2,1H3. The highest BCUT2D eigenvalue weighted by atomic mass is 32.1. The van der Waals surface area contributed by atoms with E-state index in [1.54, 1.807) is 11.3 Å². The number of guanidine groups is 1. The van der Waals surface area contributed by atoms with E-state index in [9.17, 15) is 0 Å². The Balaban J connectivity index is 0.000000628. The SMILES string of the molecule is CCCN.Cc1ccc(Oc2ccccc2-c2csc(NC3=NCCCN3)n2)c(C)c1. The van der Waals surface area contributed by atoms with E-state index in [2.05, 4.69) is 48.5 Å². The maximum Gasteiger partial charge on any atom is 0.197 e. The van der Waals surface area contributed by atoms with Gasteiger partial charge in [0.25, 0.3) is 0 Å². The summed E-state index contributed by atoms with van der Waals surface area (Å²) in [5.41, 5.74) is 9.23. The van der Waals surface area contributed by atoms with Gasteiger partial charge in [0, 0.05) is 24.0 Å². The van der Waals surface area contributed by atoms with Crippen LogP contribution in [0, 0.1) is 13.8 Å². The summed E-state index contributed by atoms with van der Waals surface area (Å²) in [6, 6.07) is 14.2. The van der Waals surface area contributed by atoms with Gasteiger partial charge < -0.3 is 21.1 Å². The van der Waals surface area contributed by atoms with Gasteiger partial charge in [-0.15, -0.1) is 11.3 Å². The van der Waals surface area contributed by atoms with Gasteiger partial charge in [0.2, 0.25) is 0 Å². The molecule has 31 heavy (non-hydrogen) atoms. The van der Waals surface area contributed by atoms with E-state index >= 15 is 0 Å². The van der Waals surface area contributed by atoms with Crippen molar-refractivity contribution in [3.8, 4) is 22.8 Å². The molecule has 0 saturated carbocycles. The lowest BCUT2D eigenvalue weighted by Gasteiger charge is -2.14. The van der Waals surface area contributed by atoms with Crippen molar-refractivity contribution in [3.05, 3.63) is 59.0 Å². The molecule has 0 bridgehead atoms. The summed E-state index contributed by atoms with van der Waals surface area (Å²) >= 11 is 1.56. The molecule has 0 atom stereocenters. The summed E-state index contributed by atoms with van der Waals surface area (Å²) in [6.07, 6.45) is 2.16. The highest BCUT2D eigenvalue weighted by molar-refractivity contribution is 7.14. The minimum atomic E-state index is 0.793. The van der Waals surface area contributed by atoms with Crippen molar-refractivity contribution in [1.29, 1.82) is 0 Å². The minimum absolute atomic E-state index is 0.793. The van der Waals surface area contributed by atoms with Gasteiger partial charge in [-0.3, -0.25) is 4.99 Å². The number of hydrogen-bond acceptors (Lipinski definition) is 7. The third kappa shape index (κ3) is 6.54. The van der Waals surface area contributed by atoms with Gasteiger partial charge in [-0.2, -0.15) is 0 Å². The van der Waals surface area contributed by atoms with Gasteiger partial charge in [0.15, 0.2) is 11.1 Å². The Bertz CT molecular complexity index is 1010. The number of aryl methyl sites for hydroxylation is 2. The average molecular weight is 438 g/mol. The summed E-state index contributed by atoms with van der Waals surface area (Å²) in [7, 11) is 0. The van der Waals surface area contributed by atoms with Gasteiger partial charge in [-0.05, 0) is 57.0 Å². The second kappa shape index (κ2) is 11.5. The van der Waals surface area contributed by atoms with E-state index in [0.29, 0.717) is 0 Å². The molecule has 4 N–H and O–H groups in total. The number of nitrogens with zero attached hydrogens (tertiary/aromatic N) is 2. The van der Waals surface area contributed by atoms with Crippen molar-refractivity contribution in [2.45, 2.75) is 33.6 Å². The Kier molecular flexibility index (Phi) is 8.44. The van der Waals surface area contributed by atoms with Gasteiger partial charge in [-0.1, -0.05) is 36.8 Å². The molecule has 7 heteroatoms. The number of aromatic nitrogens is 1. The fourth-order valence-electron chi connectivity index (χ4n) is 2.97. The van der Waals surface area contributed by atoms with Crippen molar-refractivity contribution in [2.75, 3.05) is 25.0 Å². The van der Waals surface area contributed by atoms with E-state index < -0.39 is 0 Å². The fourth-order valence-corrected chi connectivity index (χ4v) is 3.68. The largest absolute Gasteiger partial charge is 0.456 e. The molecule has 0 spiro atoms. The number of aliphatic imine (C=N–C) groups is 1. The van der Waals surface area contributed by atoms with Crippen molar-refractivity contribution in [2.24, 2.45) is 10.7 Å². The summed E-state index contributed by atoms with van der Waals surface area (Å²) in [4.78, 5) is 9.15. The third-order valence-electron chi connectivity index (χ3n) is 4.63. The van der Waals surface area contributed by atoms with Crippen LogP contribution in [0.1, 0.15) is 30.9 Å². The molecule has 1 aliphatic rings. The van der Waals surface area contributed by atoms with Crippen LogP contribution in [0.25, 0.3) is 11.3 Å². The molecule has 0 saturated heterocycles. The number of nitrogens with two attached hydrogens (primary N) is 1. The molecule has 0 fully saturated rings. The van der Waals surface area contributed by atoms with Crippen LogP contribution in [0.4, 0.5) is 5.13 Å². The summed E-state index contributed by atoms with van der Waals surface area (Å²) < 4.78 is 6.22. The van der Waals surface area contributed by atoms with E-state index in [1.165, 1.54) is 5.56 Å². The number of ether oxygens (including phenoxy) is 1. The summed E-state index contributed by atoms with van der Waals surface area (Å²) in [5.74, 6) is 2.46. The molecular weight excluding hydrogens is 406 g/mol. The van der Waals surface area contributed by atoms with Gasteiger partial charge in [0.1, 0.15) is 11.5 Å². The van der Waals surface area contributed by atoms with E-state index in [1.807, 2.05) is 35.7 Å². The molecule has 164 valence electrons. The maximum atomic E-state index is 6.22. The van der Waals surface area contributed by atoms with Crippen LogP contribution in [-0.4, -0.2) is 30.6 Å². The van der Waals surface area contributed by atoms with Crippen molar-refractivity contribution in [1.82, 2.24) is 10.3 Å². The minimum Gasteiger partial charge on any atom is -0.456 e. The van der Waals surface area contributed by atoms with Crippen LogP contribution in [0.2, 0.25) is 0 Å². The second-order valence-corrected chi connectivity index (χ2v) is 8.19. The average Bonchev–Trinajstić information content (AvgIpc) is 3.25. The Hall–Kier alpha value is -2.90. The van der Waals surface area contributed by atoms with E-state index in [4.69, 9.17) is 15.5 Å². The summed E-state index contributed by atoms with van der Waals surface area (Å²) in [5, 5.41) is 9.37. The number of benzene rings is 2. The van der Waals surface area contributed by atoms with Crippen LogP contribution in [0.3, 0.4) is 0 Å². The molecule has 2 aromatic carbocycles. The number of rotatable bonds is 5. The van der Waals surface area contributed by atoms with Gasteiger partial charge in [-0.25, -0.2) is 4.98 Å². The number of para-hydroxylation sites is 1. The molecule has 3 aromatic rings. The highest BCUT2D eigenvalue weighted by Gasteiger charge is 2.13. The van der Waals surface area contributed by atoms with Gasteiger partial charge in [0.05, 0.1) is 5.69 Å². The van der Waals surface area contributed by atoms with E-state index in [-0.39, 0.29) is 0 Å². The maximum absolute atomic E-state index is 6.22. The zero-order valence-corrected chi connectivity index (χ0v) is 19.3. The molecule has 2 heterocycles. The molecule has 0 unspecified atom stereocenters. The molecule has 1 aliphatic heterocycles. The zero-order chi connectivity index (χ0) is 22.1. The lowest BCUT2D eigenvalue weighted by atomic mass is 10.1. The smallest absolute Gasteiger partial charge is 0.197 e. The monoisotopic (exact) mass is 437 g/mol. The van der Waals surface area contributed by atoms with Crippen molar-refractivity contribution in [3.63, 3.8) is 0 Å². The second-order valence-electron chi connectivity index (χ2n) is 7.33. The molecule has 0 radical (unpaired) electrons. The number of thiazole rings is 1. The third-order valence-corrected chi connectivity index (χ3v) is 5.39. The molecule has 0 amide bonds. The first kappa shape index (κ1) is 22.8. The molecule has 1 aromatic heterocycles. The first-order valence-corrected chi connectivity index (χ1v) is 11.5. The molecule has 0 aliphatic carbocycles. The molecular formula is C24H31N5OS. The normalized spacial score (nSPS) is 12.8. The van der Waals surface area contributed by atoms with Crippen molar-refractivity contribution < 1.29 is 4.74 Å². The lowest BCUT2D eigenvalue weighted by Crippen LogP contribution is -2.35. The number of anilines is 1. The topological polar surface area (TPSA) is 84.6 Å². The summed E-state index contributed by atoms with van der Waals surface area (Å²) in [6.45, 7) is 8.81. The van der Waals surface area contributed by atoms with Crippen LogP contribution >= 0.6 is 11.3 Å². The molecule has 6 nitrogen and oxygen atoms in total. The van der Waals surface area contributed by atoms with Crippen LogP contribution in [0.15, 0.2) is 52.8 Å².